The summed E-state index contributed by atoms with van der Waals surface area (Å²) in [5, 5.41) is 14.7. The van der Waals surface area contributed by atoms with Gasteiger partial charge in [0.05, 0.1) is 22.1 Å². The molecule has 0 radical (unpaired) electrons. The highest BCUT2D eigenvalue weighted by atomic mass is 16.5. The first kappa shape index (κ1) is 19.4. The van der Waals surface area contributed by atoms with E-state index in [9.17, 15) is 14.8 Å². The van der Waals surface area contributed by atoms with Gasteiger partial charge in [0.2, 0.25) is 11.6 Å². The van der Waals surface area contributed by atoms with E-state index in [2.05, 4.69) is 19.2 Å². The molecule has 2 bridgehead atoms. The highest BCUT2D eigenvalue weighted by Gasteiger charge is 2.74. The summed E-state index contributed by atoms with van der Waals surface area (Å²) in [4.78, 5) is 29.0. The van der Waals surface area contributed by atoms with Crippen LogP contribution < -0.4 is 10.1 Å². The Kier molecular flexibility index (Phi) is 3.14. The maximum Gasteiger partial charge on any atom is 0.276 e. The molecule has 1 aromatic carbocycles. The number of allylic oxidation sites excluding steroid dienone is 1. The molecule has 2 amide bonds. The highest BCUT2D eigenvalue weighted by Crippen LogP contribution is 2.60. The minimum absolute atomic E-state index is 0.00338. The zero-order chi connectivity index (χ0) is 23.1. The lowest BCUT2D eigenvalue weighted by Crippen LogP contribution is -2.83. The number of fused-ring (bicyclic) bond motifs is 6. The van der Waals surface area contributed by atoms with Crippen molar-refractivity contribution in [3.8, 4) is 5.75 Å². The largest absolute Gasteiger partial charge is 0.483 e. The molecule has 7 heteroatoms. The Hall–Kier alpha value is -3.09. The molecule has 6 aliphatic heterocycles. The number of rotatable bonds is 0. The number of benzene rings is 1. The molecule has 4 saturated heterocycles. The van der Waals surface area contributed by atoms with Crippen molar-refractivity contribution in [3.63, 3.8) is 0 Å². The van der Waals surface area contributed by atoms with Crippen LogP contribution in [-0.4, -0.2) is 55.6 Å². The summed E-state index contributed by atoms with van der Waals surface area (Å²) in [5.74, 6) is 0.540. The van der Waals surface area contributed by atoms with E-state index in [-0.39, 0.29) is 17.7 Å². The molecule has 4 fully saturated rings. The van der Waals surface area contributed by atoms with Crippen LogP contribution in [0.25, 0.3) is 11.6 Å². The smallest absolute Gasteiger partial charge is 0.276 e. The molecular weight excluding hydrogens is 418 g/mol. The van der Waals surface area contributed by atoms with Crippen LogP contribution in [0.2, 0.25) is 0 Å². The molecule has 1 aliphatic carbocycles. The Balaban J connectivity index is 1.49. The molecule has 3 atom stereocenters. The Morgan fingerprint density at radius 1 is 1.21 bits per heavy atom. The van der Waals surface area contributed by atoms with Crippen LogP contribution in [0.3, 0.4) is 0 Å². The van der Waals surface area contributed by atoms with Crippen LogP contribution in [0.15, 0.2) is 24.3 Å². The Morgan fingerprint density at radius 2 is 2.00 bits per heavy atom. The van der Waals surface area contributed by atoms with Crippen LogP contribution in [0.5, 0.6) is 5.75 Å². The van der Waals surface area contributed by atoms with E-state index in [1.54, 1.807) is 0 Å². The quantitative estimate of drug-likeness (QED) is 0.474. The van der Waals surface area contributed by atoms with Gasteiger partial charge in [-0.1, -0.05) is 0 Å². The van der Waals surface area contributed by atoms with Gasteiger partial charge < -0.3 is 15.0 Å². The highest BCUT2D eigenvalue weighted by molar-refractivity contribution is 6.30. The van der Waals surface area contributed by atoms with Gasteiger partial charge in [-0.3, -0.25) is 14.8 Å². The van der Waals surface area contributed by atoms with E-state index >= 15 is 0 Å². The van der Waals surface area contributed by atoms with E-state index in [1.807, 2.05) is 49.1 Å². The predicted octanol–water partition coefficient (Wildman–Crippen LogP) is 3.03. The molecule has 7 nitrogen and oxygen atoms in total. The second-order valence-corrected chi connectivity index (χ2v) is 11.5. The average Bonchev–Trinajstić information content (AvgIpc) is 3.29. The molecule has 6 heterocycles. The third-order valence-corrected chi connectivity index (χ3v) is 8.95. The summed E-state index contributed by atoms with van der Waals surface area (Å²) >= 11 is 0. The number of piperidine rings is 2. The van der Waals surface area contributed by atoms with Crippen molar-refractivity contribution in [1.82, 2.24) is 10.2 Å². The zero-order valence-corrected chi connectivity index (χ0v) is 19.4. The van der Waals surface area contributed by atoms with Gasteiger partial charge in [-0.05, 0) is 77.3 Å². The standard InChI is InChI=1S/C26H27N3O4/c1-23(2)10-8-15-17(33-23)7-6-14-16-12-26-18(24(3,4)20(16)29(32)19(14)15)13-25(21(30)27-26)9-5-11-28(25)22(26)31/h6-8,10,12,18H,5,9,11,13H2,1-4H3,(H-,27,30,32)/p+1/t18?,25?,26-/m1/s1. The Morgan fingerprint density at radius 3 is 2.79 bits per heavy atom. The maximum atomic E-state index is 13.9. The van der Waals surface area contributed by atoms with Crippen molar-refractivity contribution in [1.29, 1.82) is 0 Å². The van der Waals surface area contributed by atoms with Crippen molar-refractivity contribution in [3.05, 3.63) is 35.4 Å². The summed E-state index contributed by atoms with van der Waals surface area (Å²) in [6.45, 7) is 8.81. The number of ether oxygens (including phenoxy) is 1. The van der Waals surface area contributed by atoms with E-state index < -0.39 is 22.1 Å². The van der Waals surface area contributed by atoms with Gasteiger partial charge in [-0.15, -0.1) is 0 Å². The zero-order valence-electron chi connectivity index (χ0n) is 19.4. The molecule has 0 saturated carbocycles. The molecule has 33 heavy (non-hydrogen) atoms. The minimum Gasteiger partial charge on any atom is -0.483 e. The average molecular weight is 447 g/mol. The van der Waals surface area contributed by atoms with Crippen molar-refractivity contribution >= 4 is 34.9 Å². The number of nitrogens with one attached hydrogen (secondary N) is 1. The number of hydrogen-bond donors (Lipinski definition) is 2. The maximum absolute atomic E-state index is 13.9. The summed E-state index contributed by atoms with van der Waals surface area (Å²) in [6, 6.07) is 3.89. The summed E-state index contributed by atoms with van der Waals surface area (Å²) < 4.78 is 7.45. The summed E-state index contributed by atoms with van der Waals surface area (Å²) in [5.41, 5.74) is 1.15. The number of nitrogens with zero attached hydrogens (tertiary/aromatic N) is 2. The third kappa shape index (κ3) is 1.98. The van der Waals surface area contributed by atoms with Gasteiger partial charge in [-0.25, -0.2) is 0 Å². The molecule has 2 N–H and O–H groups in total. The third-order valence-electron chi connectivity index (χ3n) is 8.95. The normalized spacial score (nSPS) is 35.8. The molecule has 7 aliphatic rings. The van der Waals surface area contributed by atoms with Gasteiger partial charge in [0.15, 0.2) is 0 Å². The number of amides is 2. The fourth-order valence-electron chi connectivity index (χ4n) is 7.45. The van der Waals surface area contributed by atoms with Crippen LogP contribution in [0, 0.1) is 11.3 Å². The lowest BCUT2D eigenvalue weighted by molar-refractivity contribution is -0.712. The predicted molar refractivity (Wildman–Crippen MR) is 121 cm³/mol. The van der Waals surface area contributed by atoms with Gasteiger partial charge in [0.1, 0.15) is 22.4 Å². The van der Waals surface area contributed by atoms with Gasteiger partial charge in [-0.2, -0.15) is 0 Å². The lowest BCUT2D eigenvalue weighted by Gasteiger charge is -2.62. The minimum atomic E-state index is -1.09. The first-order chi connectivity index (χ1) is 15.5. The van der Waals surface area contributed by atoms with Gasteiger partial charge in [0.25, 0.3) is 11.6 Å². The number of hydrogen-bond acceptors (Lipinski definition) is 4. The van der Waals surface area contributed by atoms with E-state index in [4.69, 9.17) is 4.74 Å². The van der Waals surface area contributed by atoms with Crippen LogP contribution >= 0.6 is 0 Å². The van der Waals surface area contributed by atoms with Crippen molar-refractivity contribution < 1.29 is 24.3 Å². The van der Waals surface area contributed by atoms with E-state index in [0.29, 0.717) is 25.1 Å². The molecule has 170 valence electrons. The fourth-order valence-corrected chi connectivity index (χ4v) is 7.45. The summed E-state index contributed by atoms with van der Waals surface area (Å²) in [7, 11) is 0. The first-order valence-corrected chi connectivity index (χ1v) is 11.8. The first-order valence-electron chi connectivity index (χ1n) is 11.8. The molecule has 0 aromatic heterocycles. The summed E-state index contributed by atoms with van der Waals surface area (Å²) in [6.07, 6.45) is 8.09. The second-order valence-electron chi connectivity index (χ2n) is 11.5. The molecule has 2 spiro atoms. The monoisotopic (exact) mass is 446 g/mol. The SMILES string of the molecule is CC1(C)C=Cc2c(ccc3c2[N+](O)=C2C3=C[C@]34NC(=O)C5(CCCN5C3=O)CC4C2(C)C)O1. The number of piperazine rings is 1. The topological polar surface area (TPSA) is 81.9 Å². The molecule has 1 aromatic rings. The number of carbonyl (C=O) groups is 2. The van der Waals surface area contributed by atoms with Crippen molar-refractivity contribution in [2.75, 3.05) is 6.54 Å². The molecular formula is C26H28N3O4+. The van der Waals surface area contributed by atoms with Crippen molar-refractivity contribution in [2.45, 2.75) is 63.6 Å². The van der Waals surface area contributed by atoms with Crippen LogP contribution in [0.4, 0.5) is 5.69 Å². The second kappa shape index (κ2) is 5.34. The Labute approximate surface area is 192 Å². The van der Waals surface area contributed by atoms with E-state index in [1.165, 1.54) is 4.74 Å². The molecule has 2 unspecified atom stereocenters. The van der Waals surface area contributed by atoms with Crippen molar-refractivity contribution in [2.24, 2.45) is 11.3 Å². The van der Waals surface area contributed by atoms with E-state index in [0.717, 1.165) is 34.6 Å². The van der Waals surface area contributed by atoms with Gasteiger partial charge >= 0.3 is 0 Å². The number of carbonyl (C=O) groups excluding carboxylic acids is 2. The molecule has 8 rings (SSSR count). The van der Waals surface area contributed by atoms with Crippen LogP contribution in [-0.2, 0) is 9.59 Å². The Bertz CT molecular complexity index is 1300. The van der Waals surface area contributed by atoms with Crippen LogP contribution in [0.1, 0.15) is 58.1 Å². The van der Waals surface area contributed by atoms with Gasteiger partial charge in [0, 0.05) is 17.2 Å². The lowest BCUT2D eigenvalue weighted by atomic mass is 9.51. The fraction of sp³-hybridized carbons (Fsp3) is 0.500.